The maximum Gasteiger partial charge on any atom is 0.137 e. The molecular weight excluding hydrogens is 273 g/mol. The summed E-state index contributed by atoms with van der Waals surface area (Å²) in [5.74, 6) is -0.911. The van der Waals surface area contributed by atoms with Crippen LogP contribution in [-0.2, 0) is 0 Å². The molecule has 4 heteroatoms. The number of benzene rings is 1. The van der Waals surface area contributed by atoms with Crippen molar-refractivity contribution in [3.05, 3.63) is 33.8 Å². The summed E-state index contributed by atoms with van der Waals surface area (Å²) in [4.78, 5) is 0. The summed E-state index contributed by atoms with van der Waals surface area (Å²) in [6.45, 7) is 3.72. The van der Waals surface area contributed by atoms with E-state index >= 15 is 0 Å². The molecule has 0 saturated heterocycles. The van der Waals surface area contributed by atoms with Gasteiger partial charge in [0.15, 0.2) is 0 Å². The lowest BCUT2D eigenvalue weighted by Crippen LogP contribution is -2.03. The highest BCUT2D eigenvalue weighted by Gasteiger charge is 2.18. The molecule has 1 unspecified atom stereocenters. The lowest BCUT2D eigenvalue weighted by atomic mass is 10.0. The molecule has 0 spiro atoms. The van der Waals surface area contributed by atoms with Gasteiger partial charge in [0.25, 0.3) is 0 Å². The SMILES string of the molecule is CC(C)C(Cl)c1cc(F)c(Br)cc1F. The van der Waals surface area contributed by atoms with Crippen LogP contribution in [0.1, 0.15) is 24.8 Å². The fourth-order valence-corrected chi connectivity index (χ4v) is 1.59. The van der Waals surface area contributed by atoms with Crippen molar-refractivity contribution in [3.8, 4) is 0 Å². The second-order valence-corrected chi connectivity index (χ2v) is 4.76. The summed E-state index contributed by atoms with van der Waals surface area (Å²) in [7, 11) is 0. The molecule has 0 radical (unpaired) electrons. The van der Waals surface area contributed by atoms with Gasteiger partial charge in [-0.3, -0.25) is 0 Å². The molecule has 1 aromatic rings. The Balaban J connectivity index is 3.15. The average Bonchev–Trinajstić information content (AvgIpc) is 2.10. The molecule has 78 valence electrons. The normalized spacial score (nSPS) is 13.4. The molecule has 1 rings (SSSR count). The first-order valence-electron chi connectivity index (χ1n) is 4.22. The minimum absolute atomic E-state index is 0.0618. The molecular formula is C10H10BrClF2. The van der Waals surface area contributed by atoms with Crippen LogP contribution in [0.5, 0.6) is 0 Å². The number of hydrogen-bond acceptors (Lipinski definition) is 0. The van der Waals surface area contributed by atoms with Crippen LogP contribution in [0.25, 0.3) is 0 Å². The van der Waals surface area contributed by atoms with E-state index < -0.39 is 17.0 Å². The Kier molecular flexibility index (Phi) is 3.90. The Morgan fingerprint density at radius 3 is 2.29 bits per heavy atom. The van der Waals surface area contributed by atoms with Crippen molar-refractivity contribution in [1.82, 2.24) is 0 Å². The lowest BCUT2D eigenvalue weighted by Gasteiger charge is -2.14. The van der Waals surface area contributed by atoms with Crippen LogP contribution < -0.4 is 0 Å². The molecule has 0 nitrogen and oxygen atoms in total. The second kappa shape index (κ2) is 4.58. The van der Waals surface area contributed by atoms with Crippen LogP contribution >= 0.6 is 27.5 Å². The highest BCUT2D eigenvalue weighted by Crippen LogP contribution is 2.32. The van der Waals surface area contributed by atoms with E-state index in [1.54, 1.807) is 0 Å². The smallest absolute Gasteiger partial charge is 0.137 e. The van der Waals surface area contributed by atoms with Crippen LogP contribution in [0.4, 0.5) is 8.78 Å². The maximum atomic E-state index is 13.4. The molecule has 0 bridgehead atoms. The van der Waals surface area contributed by atoms with E-state index in [4.69, 9.17) is 11.6 Å². The largest absolute Gasteiger partial charge is 0.207 e. The molecule has 0 aromatic heterocycles. The Bertz CT molecular complexity index is 339. The summed E-state index contributed by atoms with van der Waals surface area (Å²) >= 11 is 8.86. The van der Waals surface area contributed by atoms with E-state index in [2.05, 4.69) is 15.9 Å². The molecule has 0 heterocycles. The third kappa shape index (κ3) is 2.45. The van der Waals surface area contributed by atoms with Crippen LogP contribution in [0.15, 0.2) is 16.6 Å². The molecule has 0 amide bonds. The summed E-state index contributed by atoms with van der Waals surface area (Å²) in [5, 5.41) is -0.502. The Labute approximate surface area is 95.4 Å². The van der Waals surface area contributed by atoms with E-state index in [0.717, 1.165) is 12.1 Å². The van der Waals surface area contributed by atoms with Gasteiger partial charge in [0, 0.05) is 5.56 Å². The van der Waals surface area contributed by atoms with E-state index in [-0.39, 0.29) is 16.0 Å². The van der Waals surface area contributed by atoms with Gasteiger partial charge in [-0.25, -0.2) is 8.78 Å². The number of alkyl halides is 1. The van der Waals surface area contributed by atoms with Crippen molar-refractivity contribution in [2.45, 2.75) is 19.2 Å². The third-order valence-corrected chi connectivity index (χ3v) is 3.27. The van der Waals surface area contributed by atoms with E-state index in [0.29, 0.717) is 0 Å². The van der Waals surface area contributed by atoms with Gasteiger partial charge in [-0.15, -0.1) is 11.6 Å². The Hall–Kier alpha value is -0.150. The molecule has 0 fully saturated rings. The zero-order valence-corrected chi connectivity index (χ0v) is 10.2. The fourth-order valence-electron chi connectivity index (χ4n) is 1.11. The first-order valence-corrected chi connectivity index (χ1v) is 5.45. The number of halogens is 4. The van der Waals surface area contributed by atoms with E-state index in [9.17, 15) is 8.78 Å². The standard InChI is InChI=1S/C10H10BrClF2/c1-5(2)10(12)6-3-9(14)7(11)4-8(6)13/h3-5,10H,1-2H3. The molecule has 14 heavy (non-hydrogen) atoms. The van der Waals surface area contributed by atoms with Crippen molar-refractivity contribution in [3.63, 3.8) is 0 Å². The molecule has 0 aliphatic rings. The van der Waals surface area contributed by atoms with Gasteiger partial charge in [-0.1, -0.05) is 13.8 Å². The predicted octanol–water partition coefficient (Wildman–Crippen LogP) is 4.66. The Morgan fingerprint density at radius 1 is 1.21 bits per heavy atom. The minimum Gasteiger partial charge on any atom is -0.207 e. The quantitative estimate of drug-likeness (QED) is 0.547. The summed E-state index contributed by atoms with van der Waals surface area (Å²) in [6, 6.07) is 2.24. The minimum atomic E-state index is -0.502. The van der Waals surface area contributed by atoms with Gasteiger partial charge in [0.05, 0.1) is 9.85 Å². The van der Waals surface area contributed by atoms with E-state index in [1.165, 1.54) is 0 Å². The predicted molar refractivity (Wildman–Crippen MR) is 57.5 cm³/mol. The highest BCUT2D eigenvalue weighted by molar-refractivity contribution is 9.10. The molecule has 0 saturated carbocycles. The molecule has 1 aromatic carbocycles. The van der Waals surface area contributed by atoms with Crippen LogP contribution in [0.3, 0.4) is 0 Å². The number of rotatable bonds is 2. The second-order valence-electron chi connectivity index (χ2n) is 3.43. The van der Waals surface area contributed by atoms with Crippen molar-refractivity contribution in [2.75, 3.05) is 0 Å². The fraction of sp³-hybridized carbons (Fsp3) is 0.400. The summed E-state index contributed by atoms with van der Waals surface area (Å²) in [6.07, 6.45) is 0. The molecule has 0 aliphatic carbocycles. The third-order valence-electron chi connectivity index (χ3n) is 1.92. The zero-order chi connectivity index (χ0) is 10.9. The first-order chi connectivity index (χ1) is 6.43. The van der Waals surface area contributed by atoms with Crippen LogP contribution in [-0.4, -0.2) is 0 Å². The van der Waals surface area contributed by atoms with Crippen LogP contribution in [0.2, 0.25) is 0 Å². The van der Waals surface area contributed by atoms with Crippen molar-refractivity contribution in [2.24, 2.45) is 5.92 Å². The van der Waals surface area contributed by atoms with Gasteiger partial charge in [-0.2, -0.15) is 0 Å². The number of hydrogen-bond donors (Lipinski definition) is 0. The van der Waals surface area contributed by atoms with Crippen molar-refractivity contribution < 1.29 is 8.78 Å². The Morgan fingerprint density at radius 2 is 1.79 bits per heavy atom. The summed E-state index contributed by atoms with van der Waals surface area (Å²) < 4.78 is 26.6. The van der Waals surface area contributed by atoms with E-state index in [1.807, 2.05) is 13.8 Å². The average molecular weight is 284 g/mol. The molecule has 1 atom stereocenters. The lowest BCUT2D eigenvalue weighted by molar-refractivity contribution is 0.546. The monoisotopic (exact) mass is 282 g/mol. The van der Waals surface area contributed by atoms with Crippen molar-refractivity contribution >= 4 is 27.5 Å². The van der Waals surface area contributed by atoms with Crippen LogP contribution in [0, 0.1) is 17.6 Å². The van der Waals surface area contributed by atoms with Gasteiger partial charge < -0.3 is 0 Å². The van der Waals surface area contributed by atoms with Gasteiger partial charge in [0.1, 0.15) is 11.6 Å². The van der Waals surface area contributed by atoms with Gasteiger partial charge >= 0.3 is 0 Å². The van der Waals surface area contributed by atoms with Crippen molar-refractivity contribution in [1.29, 1.82) is 0 Å². The first kappa shape index (κ1) is 11.9. The maximum absolute atomic E-state index is 13.4. The van der Waals surface area contributed by atoms with Gasteiger partial charge in [0.2, 0.25) is 0 Å². The molecule has 0 N–H and O–H groups in total. The zero-order valence-electron chi connectivity index (χ0n) is 7.82. The topological polar surface area (TPSA) is 0 Å². The van der Waals surface area contributed by atoms with Gasteiger partial charge in [-0.05, 0) is 34.0 Å². The molecule has 0 aliphatic heterocycles. The summed E-state index contributed by atoms with van der Waals surface area (Å²) in [5.41, 5.74) is 0.211. The highest BCUT2D eigenvalue weighted by atomic mass is 79.9.